The van der Waals surface area contributed by atoms with Crippen LogP contribution in [-0.4, -0.2) is 69.3 Å². The summed E-state index contributed by atoms with van der Waals surface area (Å²) in [5, 5.41) is 12.8. The zero-order valence-electron chi connectivity index (χ0n) is 18.5. The minimum Gasteiger partial charge on any atom is -0.497 e. The van der Waals surface area contributed by atoms with Gasteiger partial charge >= 0.3 is 0 Å². The third kappa shape index (κ3) is 5.01. The summed E-state index contributed by atoms with van der Waals surface area (Å²) in [6.07, 6.45) is 9.23. The molecule has 1 unspecified atom stereocenters. The molecule has 1 saturated carbocycles. The molecular weight excluding hydrogens is 376 g/mol. The lowest BCUT2D eigenvalue weighted by Gasteiger charge is -2.43. The van der Waals surface area contributed by atoms with Crippen molar-refractivity contribution < 1.29 is 4.74 Å². The monoisotopic (exact) mass is 412 g/mol. The van der Waals surface area contributed by atoms with Gasteiger partial charge in [0.2, 0.25) is 0 Å². The lowest BCUT2D eigenvalue weighted by molar-refractivity contribution is 0.0501. The van der Waals surface area contributed by atoms with Crippen LogP contribution in [0.15, 0.2) is 24.3 Å². The van der Waals surface area contributed by atoms with Crippen LogP contribution < -0.4 is 4.74 Å². The Morgan fingerprint density at radius 1 is 1.03 bits per heavy atom. The number of piperazine rings is 1. The Morgan fingerprint density at radius 3 is 2.43 bits per heavy atom. The fourth-order valence-corrected chi connectivity index (χ4v) is 5.08. The summed E-state index contributed by atoms with van der Waals surface area (Å²) in [7, 11) is 1.69. The first kappa shape index (κ1) is 21.2. The van der Waals surface area contributed by atoms with E-state index in [-0.39, 0.29) is 6.04 Å². The second-order valence-electron chi connectivity index (χ2n) is 8.71. The molecule has 0 spiro atoms. The Hall–Kier alpha value is -1.99. The van der Waals surface area contributed by atoms with Gasteiger partial charge < -0.3 is 4.74 Å². The molecule has 7 nitrogen and oxygen atoms in total. The van der Waals surface area contributed by atoms with Crippen LogP contribution in [0.4, 0.5) is 0 Å². The molecule has 1 aliphatic heterocycles. The van der Waals surface area contributed by atoms with Crippen LogP contribution in [0.1, 0.15) is 69.3 Å². The van der Waals surface area contributed by atoms with E-state index >= 15 is 0 Å². The van der Waals surface area contributed by atoms with E-state index in [4.69, 9.17) is 4.74 Å². The molecule has 2 fully saturated rings. The minimum atomic E-state index is 0.289. The van der Waals surface area contributed by atoms with Crippen molar-refractivity contribution >= 4 is 0 Å². The summed E-state index contributed by atoms with van der Waals surface area (Å²) in [4.78, 5) is 5.35. The van der Waals surface area contributed by atoms with E-state index in [1.165, 1.54) is 50.8 Å². The van der Waals surface area contributed by atoms with E-state index < -0.39 is 0 Å². The van der Waals surface area contributed by atoms with Gasteiger partial charge in [0, 0.05) is 32.2 Å². The van der Waals surface area contributed by atoms with Gasteiger partial charge in [-0.25, -0.2) is 4.68 Å². The molecule has 1 atom stereocenters. The molecule has 0 amide bonds. The van der Waals surface area contributed by atoms with Crippen molar-refractivity contribution in [1.29, 1.82) is 0 Å². The smallest absolute Gasteiger partial charge is 0.168 e. The number of rotatable bonds is 8. The molecule has 2 heterocycles. The second-order valence-corrected chi connectivity index (χ2v) is 8.71. The molecule has 1 saturated heterocycles. The molecule has 1 aromatic heterocycles. The van der Waals surface area contributed by atoms with Gasteiger partial charge in [-0.3, -0.25) is 9.80 Å². The van der Waals surface area contributed by atoms with Crippen LogP contribution >= 0.6 is 0 Å². The second kappa shape index (κ2) is 10.4. The number of benzene rings is 1. The minimum absolute atomic E-state index is 0.289. The van der Waals surface area contributed by atoms with Gasteiger partial charge in [0.1, 0.15) is 5.75 Å². The summed E-state index contributed by atoms with van der Waals surface area (Å²) in [5.41, 5.74) is 1.18. The van der Waals surface area contributed by atoms with E-state index in [0.29, 0.717) is 6.54 Å². The van der Waals surface area contributed by atoms with Crippen LogP contribution in [0.3, 0.4) is 0 Å². The highest BCUT2D eigenvalue weighted by Crippen LogP contribution is 2.28. The Kier molecular flexibility index (Phi) is 7.33. The maximum atomic E-state index is 5.27. The van der Waals surface area contributed by atoms with E-state index in [9.17, 15) is 0 Å². The lowest BCUT2D eigenvalue weighted by Crippen LogP contribution is -2.51. The fraction of sp³-hybridized carbons (Fsp3) is 0.696. The molecule has 0 radical (unpaired) electrons. The van der Waals surface area contributed by atoms with Crippen LogP contribution in [0.2, 0.25) is 0 Å². The highest BCUT2D eigenvalue weighted by molar-refractivity contribution is 5.27. The van der Waals surface area contributed by atoms with E-state index in [2.05, 4.69) is 44.4 Å². The van der Waals surface area contributed by atoms with Crippen LogP contribution in [0, 0.1) is 0 Å². The van der Waals surface area contributed by atoms with Crippen LogP contribution in [-0.2, 0) is 6.54 Å². The molecule has 7 heteroatoms. The van der Waals surface area contributed by atoms with Crippen LogP contribution in [0.25, 0.3) is 0 Å². The summed E-state index contributed by atoms with van der Waals surface area (Å²) < 4.78 is 7.25. The first-order valence-electron chi connectivity index (χ1n) is 11.7. The summed E-state index contributed by atoms with van der Waals surface area (Å²) in [5.74, 6) is 1.87. The van der Waals surface area contributed by atoms with Crippen molar-refractivity contribution in [1.82, 2.24) is 30.0 Å². The predicted octanol–water partition coefficient (Wildman–Crippen LogP) is 3.52. The molecule has 1 aliphatic carbocycles. The maximum Gasteiger partial charge on any atom is 0.168 e. The van der Waals surface area contributed by atoms with Gasteiger partial charge in [-0.1, -0.05) is 44.7 Å². The Balaban J connectivity index is 1.42. The van der Waals surface area contributed by atoms with E-state index in [1.54, 1.807) is 7.11 Å². The van der Waals surface area contributed by atoms with E-state index in [0.717, 1.165) is 43.5 Å². The summed E-state index contributed by atoms with van der Waals surface area (Å²) in [6, 6.07) is 9.26. The Morgan fingerprint density at radius 2 is 1.77 bits per heavy atom. The third-order valence-electron chi connectivity index (χ3n) is 6.79. The van der Waals surface area contributed by atoms with Gasteiger partial charge in [0.15, 0.2) is 5.82 Å². The molecule has 30 heavy (non-hydrogen) atoms. The number of ether oxygens (including phenoxy) is 1. The van der Waals surface area contributed by atoms with Gasteiger partial charge in [-0.2, -0.15) is 0 Å². The van der Waals surface area contributed by atoms with E-state index in [1.807, 2.05) is 16.8 Å². The standard InChI is InChI=1S/C23H36N6O/c1-3-7-22(28-16-14-27(15-17-28)20-8-5-4-6-9-20)23-24-25-26-29(23)18-19-10-12-21(30-2)13-11-19/h10-13,20,22H,3-9,14-18H2,1-2H3. The van der Waals surface area contributed by atoms with Crippen molar-refractivity contribution in [3.8, 4) is 5.75 Å². The number of methoxy groups -OCH3 is 1. The zero-order chi connectivity index (χ0) is 20.8. The van der Waals surface area contributed by atoms with Crippen molar-refractivity contribution in [2.45, 2.75) is 70.5 Å². The highest BCUT2D eigenvalue weighted by Gasteiger charge is 2.31. The quantitative estimate of drug-likeness (QED) is 0.661. The number of tetrazole rings is 1. The fourth-order valence-electron chi connectivity index (χ4n) is 5.08. The SMILES string of the molecule is CCCC(c1nnnn1Cc1ccc(OC)cc1)N1CCN(C2CCCCC2)CC1. The molecule has 0 bridgehead atoms. The summed E-state index contributed by atoms with van der Waals surface area (Å²) in [6.45, 7) is 7.50. The average molecular weight is 413 g/mol. The number of nitrogens with zero attached hydrogens (tertiary/aromatic N) is 6. The largest absolute Gasteiger partial charge is 0.497 e. The highest BCUT2D eigenvalue weighted by atomic mass is 16.5. The van der Waals surface area contributed by atoms with Gasteiger partial charge in [-0.15, -0.1) is 5.10 Å². The Labute approximate surface area is 180 Å². The number of aromatic nitrogens is 4. The van der Waals surface area contributed by atoms with Crippen molar-refractivity contribution in [3.63, 3.8) is 0 Å². The lowest BCUT2D eigenvalue weighted by atomic mass is 9.93. The molecule has 164 valence electrons. The zero-order valence-corrected chi connectivity index (χ0v) is 18.5. The van der Waals surface area contributed by atoms with Crippen LogP contribution in [0.5, 0.6) is 5.75 Å². The third-order valence-corrected chi connectivity index (χ3v) is 6.79. The number of hydrogen-bond acceptors (Lipinski definition) is 6. The Bertz CT molecular complexity index is 762. The molecule has 2 aliphatic rings. The average Bonchev–Trinajstić information content (AvgIpc) is 3.26. The summed E-state index contributed by atoms with van der Waals surface area (Å²) >= 11 is 0. The first-order valence-corrected chi connectivity index (χ1v) is 11.7. The van der Waals surface area contributed by atoms with Crippen molar-refractivity contribution in [3.05, 3.63) is 35.7 Å². The topological polar surface area (TPSA) is 59.3 Å². The molecular formula is C23H36N6O. The van der Waals surface area contributed by atoms with Gasteiger partial charge in [0.25, 0.3) is 0 Å². The number of hydrogen-bond donors (Lipinski definition) is 0. The first-order chi connectivity index (χ1) is 14.8. The normalized spacial score (nSPS) is 20.3. The molecule has 2 aromatic rings. The molecule has 0 N–H and O–H groups in total. The molecule has 4 rings (SSSR count). The van der Waals surface area contributed by atoms with Gasteiger partial charge in [-0.05, 0) is 47.4 Å². The van der Waals surface area contributed by atoms with Crippen molar-refractivity contribution in [2.75, 3.05) is 33.3 Å². The van der Waals surface area contributed by atoms with Crippen molar-refractivity contribution in [2.24, 2.45) is 0 Å². The van der Waals surface area contributed by atoms with Gasteiger partial charge in [0.05, 0.1) is 19.7 Å². The molecule has 1 aromatic carbocycles. The maximum absolute atomic E-state index is 5.27. The predicted molar refractivity (Wildman–Crippen MR) is 118 cm³/mol.